The molecule has 0 aromatic heterocycles. The van der Waals surface area contributed by atoms with Crippen molar-refractivity contribution in [3.63, 3.8) is 0 Å². The van der Waals surface area contributed by atoms with Crippen LogP contribution in [0.25, 0.3) is 0 Å². The summed E-state index contributed by atoms with van der Waals surface area (Å²) >= 11 is 0. The summed E-state index contributed by atoms with van der Waals surface area (Å²) in [7, 11) is 0. The molecule has 0 amide bonds. The number of hydrogen-bond acceptors (Lipinski definition) is 1. The van der Waals surface area contributed by atoms with E-state index in [-0.39, 0.29) is 0 Å². The molecule has 0 saturated carbocycles. The molecule has 0 aliphatic heterocycles. The zero-order valence-electron chi connectivity index (χ0n) is 6.29. The average molecular weight is 135 g/mol. The minimum absolute atomic E-state index is 0.896. The minimum Gasteiger partial charge on any atom is -0.487 e. The number of hydrogen-bond donors (Lipinski definition) is 0. The maximum atomic E-state index is 5.14. The molecule has 1 nitrogen and oxygen atoms in total. The van der Waals surface area contributed by atoms with Gasteiger partial charge in [0.05, 0.1) is 0 Å². The Hall–Kier alpha value is -0.980. The third-order valence-corrected chi connectivity index (χ3v) is 1.27. The summed E-state index contributed by atoms with van der Waals surface area (Å²) in [6.45, 7) is 5.59. The Bertz CT molecular complexity index is 188. The van der Waals surface area contributed by atoms with Gasteiger partial charge in [-0.3, -0.25) is 0 Å². The summed E-state index contributed by atoms with van der Waals surface area (Å²) in [5, 5.41) is 0. The fourth-order valence-corrected chi connectivity index (χ4v) is 0.753. The van der Waals surface area contributed by atoms with Gasteiger partial charge in [0.2, 0.25) is 0 Å². The van der Waals surface area contributed by atoms with E-state index < -0.39 is 0 Å². The summed E-state index contributed by atoms with van der Waals surface area (Å²) in [5.74, 6) is 0.896. The second kappa shape index (κ2) is 3.25. The van der Waals surface area contributed by atoms with E-state index in [1.807, 2.05) is 31.2 Å². The lowest BCUT2D eigenvalue weighted by Crippen LogP contribution is -1.84. The number of aryl methyl sites for hydroxylation is 1. The standard InChI is InChI=1S/C9H11O/c1-3-10-9-6-4-8(2)5-7-9/h3-7H,1-2H3. The largest absolute Gasteiger partial charge is 0.487 e. The Balaban J connectivity index is 2.69. The quantitative estimate of drug-likeness (QED) is 0.605. The van der Waals surface area contributed by atoms with Gasteiger partial charge in [0.1, 0.15) is 12.4 Å². The van der Waals surface area contributed by atoms with Gasteiger partial charge in [-0.25, -0.2) is 0 Å². The molecule has 0 atom stereocenters. The second-order valence-corrected chi connectivity index (χ2v) is 2.17. The van der Waals surface area contributed by atoms with Crippen LogP contribution in [0.1, 0.15) is 12.5 Å². The first-order valence-electron chi connectivity index (χ1n) is 3.34. The Morgan fingerprint density at radius 3 is 2.30 bits per heavy atom. The zero-order chi connectivity index (χ0) is 7.40. The molecule has 0 fully saturated rings. The molecule has 0 saturated heterocycles. The van der Waals surface area contributed by atoms with Crippen molar-refractivity contribution in [1.29, 1.82) is 0 Å². The molecule has 0 bridgehead atoms. The van der Waals surface area contributed by atoms with Crippen LogP contribution in [0.5, 0.6) is 5.75 Å². The van der Waals surface area contributed by atoms with Gasteiger partial charge in [0.15, 0.2) is 0 Å². The first-order chi connectivity index (χ1) is 4.83. The third kappa shape index (κ3) is 1.76. The number of benzene rings is 1. The van der Waals surface area contributed by atoms with Gasteiger partial charge in [-0.1, -0.05) is 17.7 Å². The van der Waals surface area contributed by atoms with Crippen LogP contribution < -0.4 is 4.74 Å². The van der Waals surface area contributed by atoms with Crippen molar-refractivity contribution >= 4 is 0 Å². The first kappa shape index (κ1) is 7.13. The normalized spacial score (nSPS) is 9.40. The van der Waals surface area contributed by atoms with Gasteiger partial charge < -0.3 is 4.74 Å². The summed E-state index contributed by atoms with van der Waals surface area (Å²) < 4.78 is 5.14. The van der Waals surface area contributed by atoms with Gasteiger partial charge >= 0.3 is 0 Å². The van der Waals surface area contributed by atoms with Crippen molar-refractivity contribution in [3.8, 4) is 5.75 Å². The summed E-state index contributed by atoms with van der Waals surface area (Å²) in [6, 6.07) is 7.96. The van der Waals surface area contributed by atoms with E-state index in [1.165, 1.54) is 5.56 Å². The highest BCUT2D eigenvalue weighted by atomic mass is 16.5. The maximum absolute atomic E-state index is 5.14. The molecule has 0 spiro atoms. The SMILES string of the molecule is C[CH]Oc1ccc(C)cc1. The second-order valence-electron chi connectivity index (χ2n) is 2.17. The zero-order valence-corrected chi connectivity index (χ0v) is 6.29. The van der Waals surface area contributed by atoms with Crippen molar-refractivity contribution in [2.75, 3.05) is 0 Å². The minimum atomic E-state index is 0.896. The Labute approximate surface area is 61.6 Å². The van der Waals surface area contributed by atoms with Gasteiger partial charge in [-0.2, -0.15) is 0 Å². The molecule has 0 N–H and O–H groups in total. The molecular formula is C9H11O. The highest BCUT2D eigenvalue weighted by Crippen LogP contribution is 2.11. The van der Waals surface area contributed by atoms with Crippen molar-refractivity contribution in [2.24, 2.45) is 0 Å². The lowest BCUT2D eigenvalue weighted by Gasteiger charge is -2.00. The average Bonchev–Trinajstić information content (AvgIpc) is 1.95. The molecule has 0 unspecified atom stereocenters. The van der Waals surface area contributed by atoms with Gasteiger partial charge in [0.25, 0.3) is 0 Å². The van der Waals surface area contributed by atoms with Gasteiger partial charge in [-0.15, -0.1) is 0 Å². The molecule has 1 rings (SSSR count). The van der Waals surface area contributed by atoms with E-state index in [1.54, 1.807) is 6.61 Å². The fourth-order valence-electron chi connectivity index (χ4n) is 0.753. The van der Waals surface area contributed by atoms with E-state index in [4.69, 9.17) is 4.74 Å². The Kier molecular flexibility index (Phi) is 2.32. The Morgan fingerprint density at radius 2 is 1.80 bits per heavy atom. The van der Waals surface area contributed by atoms with Gasteiger partial charge in [0, 0.05) is 0 Å². The highest BCUT2D eigenvalue weighted by molar-refractivity contribution is 5.26. The molecule has 0 aliphatic carbocycles. The van der Waals surface area contributed by atoms with Crippen LogP contribution in [0, 0.1) is 13.5 Å². The maximum Gasteiger partial charge on any atom is 0.132 e. The predicted octanol–water partition coefficient (Wildman–Crippen LogP) is 2.56. The van der Waals surface area contributed by atoms with E-state index in [9.17, 15) is 0 Å². The molecule has 10 heavy (non-hydrogen) atoms. The number of rotatable bonds is 2. The van der Waals surface area contributed by atoms with Crippen LogP contribution in [-0.4, -0.2) is 0 Å². The molecule has 53 valence electrons. The van der Waals surface area contributed by atoms with Crippen molar-refractivity contribution in [1.82, 2.24) is 0 Å². The van der Waals surface area contributed by atoms with Gasteiger partial charge in [-0.05, 0) is 26.0 Å². The van der Waals surface area contributed by atoms with Crippen LogP contribution in [0.2, 0.25) is 0 Å². The number of ether oxygens (including phenoxy) is 1. The summed E-state index contributed by atoms with van der Waals surface area (Å²) in [5.41, 5.74) is 1.25. The predicted molar refractivity (Wildman–Crippen MR) is 41.8 cm³/mol. The lowest BCUT2D eigenvalue weighted by molar-refractivity contribution is 0.416. The van der Waals surface area contributed by atoms with E-state index >= 15 is 0 Å². The molecule has 1 aromatic rings. The monoisotopic (exact) mass is 135 g/mol. The molecular weight excluding hydrogens is 124 g/mol. The van der Waals surface area contributed by atoms with E-state index in [0.29, 0.717) is 0 Å². The molecule has 0 heterocycles. The van der Waals surface area contributed by atoms with E-state index in [2.05, 4.69) is 6.92 Å². The van der Waals surface area contributed by atoms with Crippen molar-refractivity contribution in [2.45, 2.75) is 13.8 Å². The van der Waals surface area contributed by atoms with Crippen LogP contribution in [0.15, 0.2) is 24.3 Å². The summed E-state index contributed by atoms with van der Waals surface area (Å²) in [4.78, 5) is 0. The summed E-state index contributed by atoms with van der Waals surface area (Å²) in [6.07, 6.45) is 0. The highest BCUT2D eigenvalue weighted by Gasteiger charge is 1.88. The Morgan fingerprint density at radius 1 is 1.20 bits per heavy atom. The molecule has 1 radical (unpaired) electrons. The molecule has 0 aliphatic rings. The first-order valence-corrected chi connectivity index (χ1v) is 3.34. The van der Waals surface area contributed by atoms with Crippen molar-refractivity contribution in [3.05, 3.63) is 36.4 Å². The fraction of sp³-hybridized carbons (Fsp3) is 0.222. The van der Waals surface area contributed by atoms with Crippen LogP contribution >= 0.6 is 0 Å². The lowest BCUT2D eigenvalue weighted by atomic mass is 10.2. The van der Waals surface area contributed by atoms with Crippen LogP contribution in [0.4, 0.5) is 0 Å². The van der Waals surface area contributed by atoms with E-state index in [0.717, 1.165) is 5.75 Å². The topological polar surface area (TPSA) is 9.23 Å². The van der Waals surface area contributed by atoms with Crippen LogP contribution in [-0.2, 0) is 0 Å². The van der Waals surface area contributed by atoms with Crippen molar-refractivity contribution < 1.29 is 4.74 Å². The molecule has 1 aromatic carbocycles. The third-order valence-electron chi connectivity index (χ3n) is 1.27. The molecule has 1 heteroatoms. The van der Waals surface area contributed by atoms with Crippen LogP contribution in [0.3, 0.4) is 0 Å². The smallest absolute Gasteiger partial charge is 0.132 e.